The van der Waals surface area contributed by atoms with Gasteiger partial charge in [-0.2, -0.15) is 0 Å². The van der Waals surface area contributed by atoms with Gasteiger partial charge in [0.15, 0.2) is 0 Å². The Morgan fingerprint density at radius 2 is 2.18 bits per heavy atom. The predicted octanol–water partition coefficient (Wildman–Crippen LogP) is 3.00. The lowest BCUT2D eigenvalue weighted by atomic mass is 10.2. The summed E-state index contributed by atoms with van der Waals surface area (Å²) < 4.78 is 0. The summed E-state index contributed by atoms with van der Waals surface area (Å²) in [6.45, 7) is 7.05. The van der Waals surface area contributed by atoms with E-state index in [1.54, 1.807) is 11.8 Å². The van der Waals surface area contributed by atoms with Gasteiger partial charge in [-0.1, -0.05) is 43.7 Å². The van der Waals surface area contributed by atoms with E-state index in [0.717, 1.165) is 12.3 Å². The number of thioether (sulfide) groups is 1. The standard InChI is InChI=1S/C14H21NOS/c1-11(2)8-15-14(16)10-17-9-13-6-4-5-12(3)7-13/h4-7,11H,8-10H2,1-3H3,(H,15,16). The monoisotopic (exact) mass is 251 g/mol. The van der Waals surface area contributed by atoms with E-state index in [-0.39, 0.29) is 5.91 Å². The van der Waals surface area contributed by atoms with Crippen molar-refractivity contribution in [2.24, 2.45) is 5.92 Å². The van der Waals surface area contributed by atoms with E-state index in [4.69, 9.17) is 0 Å². The van der Waals surface area contributed by atoms with Crippen molar-refractivity contribution in [1.29, 1.82) is 0 Å². The summed E-state index contributed by atoms with van der Waals surface area (Å²) in [6.07, 6.45) is 0. The van der Waals surface area contributed by atoms with Gasteiger partial charge < -0.3 is 5.32 Å². The van der Waals surface area contributed by atoms with E-state index in [0.29, 0.717) is 11.7 Å². The van der Waals surface area contributed by atoms with Crippen molar-refractivity contribution in [3.63, 3.8) is 0 Å². The molecule has 0 aliphatic heterocycles. The molecule has 0 saturated carbocycles. The number of nitrogens with one attached hydrogen (secondary N) is 1. The molecule has 0 aliphatic carbocycles. The van der Waals surface area contributed by atoms with Crippen LogP contribution in [0.3, 0.4) is 0 Å². The Labute approximate surface area is 108 Å². The molecule has 0 heterocycles. The lowest BCUT2D eigenvalue weighted by Gasteiger charge is -2.07. The highest BCUT2D eigenvalue weighted by Crippen LogP contribution is 2.13. The van der Waals surface area contributed by atoms with E-state index in [9.17, 15) is 4.79 Å². The van der Waals surface area contributed by atoms with Crippen LogP contribution in [-0.4, -0.2) is 18.2 Å². The maximum atomic E-state index is 11.5. The fraction of sp³-hybridized carbons (Fsp3) is 0.500. The zero-order chi connectivity index (χ0) is 12.7. The van der Waals surface area contributed by atoms with E-state index in [2.05, 4.69) is 50.4 Å². The second kappa shape index (κ2) is 7.38. The number of carbonyl (C=O) groups is 1. The zero-order valence-electron chi connectivity index (χ0n) is 10.8. The maximum absolute atomic E-state index is 11.5. The highest BCUT2D eigenvalue weighted by atomic mass is 32.2. The van der Waals surface area contributed by atoms with Crippen molar-refractivity contribution < 1.29 is 4.79 Å². The largest absolute Gasteiger partial charge is 0.355 e. The number of hydrogen-bond acceptors (Lipinski definition) is 2. The van der Waals surface area contributed by atoms with Gasteiger partial charge >= 0.3 is 0 Å². The zero-order valence-corrected chi connectivity index (χ0v) is 11.6. The molecule has 1 aromatic rings. The first kappa shape index (κ1) is 14.1. The predicted molar refractivity (Wildman–Crippen MR) is 75.2 cm³/mol. The lowest BCUT2D eigenvalue weighted by Crippen LogP contribution is -2.28. The van der Waals surface area contributed by atoms with Crippen LogP contribution in [0, 0.1) is 12.8 Å². The minimum Gasteiger partial charge on any atom is -0.355 e. The molecule has 17 heavy (non-hydrogen) atoms. The van der Waals surface area contributed by atoms with Crippen molar-refractivity contribution in [3.05, 3.63) is 35.4 Å². The molecule has 0 aromatic heterocycles. The molecule has 0 aliphatic rings. The Bertz CT molecular complexity index is 363. The average molecular weight is 251 g/mol. The summed E-state index contributed by atoms with van der Waals surface area (Å²) in [6, 6.07) is 8.42. The van der Waals surface area contributed by atoms with Crippen molar-refractivity contribution in [3.8, 4) is 0 Å². The number of aryl methyl sites for hydroxylation is 1. The molecule has 0 saturated heterocycles. The molecule has 1 N–H and O–H groups in total. The highest BCUT2D eigenvalue weighted by molar-refractivity contribution is 7.99. The summed E-state index contributed by atoms with van der Waals surface area (Å²) in [5, 5.41) is 2.92. The van der Waals surface area contributed by atoms with Crippen molar-refractivity contribution in [2.75, 3.05) is 12.3 Å². The Balaban J connectivity index is 2.21. The molecule has 1 aromatic carbocycles. The number of amides is 1. The molecule has 0 spiro atoms. The van der Waals surface area contributed by atoms with Gasteiger partial charge in [-0.15, -0.1) is 11.8 Å². The third-order valence-electron chi connectivity index (χ3n) is 2.29. The number of rotatable bonds is 6. The summed E-state index contributed by atoms with van der Waals surface area (Å²) in [4.78, 5) is 11.5. The summed E-state index contributed by atoms with van der Waals surface area (Å²) >= 11 is 1.66. The Kier molecular flexibility index (Phi) is 6.12. The van der Waals surface area contributed by atoms with Crippen molar-refractivity contribution in [2.45, 2.75) is 26.5 Å². The first-order valence-corrected chi connectivity index (χ1v) is 7.13. The number of hydrogen-bond donors (Lipinski definition) is 1. The molecule has 0 bridgehead atoms. The van der Waals surface area contributed by atoms with Crippen LogP contribution >= 0.6 is 11.8 Å². The average Bonchev–Trinajstić information content (AvgIpc) is 2.26. The van der Waals surface area contributed by atoms with E-state index in [1.807, 2.05) is 0 Å². The van der Waals surface area contributed by atoms with Crippen LogP contribution in [0.1, 0.15) is 25.0 Å². The molecule has 0 radical (unpaired) electrons. The maximum Gasteiger partial charge on any atom is 0.230 e. The Hall–Kier alpha value is -0.960. The quantitative estimate of drug-likeness (QED) is 0.842. The van der Waals surface area contributed by atoms with Gasteiger partial charge in [0.2, 0.25) is 5.91 Å². The molecule has 1 amide bonds. The van der Waals surface area contributed by atoms with Gasteiger partial charge in [-0.05, 0) is 18.4 Å². The van der Waals surface area contributed by atoms with E-state index < -0.39 is 0 Å². The topological polar surface area (TPSA) is 29.1 Å². The van der Waals surface area contributed by atoms with Gasteiger partial charge in [-0.25, -0.2) is 0 Å². The minimum atomic E-state index is 0.136. The van der Waals surface area contributed by atoms with Gasteiger partial charge in [0.1, 0.15) is 0 Å². The molecule has 0 atom stereocenters. The van der Waals surface area contributed by atoms with Gasteiger partial charge in [0, 0.05) is 12.3 Å². The van der Waals surface area contributed by atoms with Gasteiger partial charge in [0.05, 0.1) is 5.75 Å². The molecule has 2 nitrogen and oxygen atoms in total. The number of carbonyl (C=O) groups excluding carboxylic acids is 1. The van der Waals surface area contributed by atoms with Crippen LogP contribution in [0.2, 0.25) is 0 Å². The van der Waals surface area contributed by atoms with Crippen LogP contribution < -0.4 is 5.32 Å². The summed E-state index contributed by atoms with van der Waals surface area (Å²) in [7, 11) is 0. The molecule has 0 unspecified atom stereocenters. The SMILES string of the molecule is Cc1cccc(CSCC(=O)NCC(C)C)c1. The second-order valence-corrected chi connectivity index (χ2v) is 5.67. The second-order valence-electron chi connectivity index (χ2n) is 4.68. The Morgan fingerprint density at radius 1 is 1.41 bits per heavy atom. The smallest absolute Gasteiger partial charge is 0.230 e. The fourth-order valence-corrected chi connectivity index (χ4v) is 2.24. The third-order valence-corrected chi connectivity index (χ3v) is 3.30. The first-order chi connectivity index (χ1) is 8.08. The van der Waals surface area contributed by atoms with Gasteiger partial charge in [0.25, 0.3) is 0 Å². The van der Waals surface area contributed by atoms with Crippen molar-refractivity contribution >= 4 is 17.7 Å². The third kappa shape index (κ3) is 6.37. The Morgan fingerprint density at radius 3 is 2.82 bits per heavy atom. The minimum absolute atomic E-state index is 0.136. The van der Waals surface area contributed by atoms with E-state index in [1.165, 1.54) is 11.1 Å². The molecule has 3 heteroatoms. The summed E-state index contributed by atoms with van der Waals surface area (Å²) in [5.41, 5.74) is 2.55. The van der Waals surface area contributed by atoms with Crippen LogP contribution in [-0.2, 0) is 10.5 Å². The normalized spacial score (nSPS) is 10.6. The van der Waals surface area contributed by atoms with Crippen LogP contribution in [0.4, 0.5) is 0 Å². The molecule has 94 valence electrons. The molecular weight excluding hydrogens is 230 g/mol. The van der Waals surface area contributed by atoms with Crippen LogP contribution in [0.25, 0.3) is 0 Å². The van der Waals surface area contributed by atoms with Crippen LogP contribution in [0.5, 0.6) is 0 Å². The molecule has 0 fully saturated rings. The lowest BCUT2D eigenvalue weighted by molar-refractivity contribution is -0.118. The fourth-order valence-electron chi connectivity index (χ4n) is 1.43. The van der Waals surface area contributed by atoms with E-state index >= 15 is 0 Å². The first-order valence-electron chi connectivity index (χ1n) is 5.98. The van der Waals surface area contributed by atoms with Crippen molar-refractivity contribution in [1.82, 2.24) is 5.32 Å². The van der Waals surface area contributed by atoms with Crippen LogP contribution in [0.15, 0.2) is 24.3 Å². The van der Waals surface area contributed by atoms with Gasteiger partial charge in [-0.3, -0.25) is 4.79 Å². The molecule has 1 rings (SSSR count). The summed E-state index contributed by atoms with van der Waals surface area (Å²) in [5.74, 6) is 2.09. The highest BCUT2D eigenvalue weighted by Gasteiger charge is 2.02. The number of benzene rings is 1. The molecular formula is C14H21NOS.